The van der Waals surface area contributed by atoms with E-state index < -0.39 is 0 Å². The van der Waals surface area contributed by atoms with Crippen LogP contribution >= 0.6 is 0 Å². The monoisotopic (exact) mass is 383 g/mol. The van der Waals surface area contributed by atoms with Gasteiger partial charge in [-0.15, -0.1) is 0 Å². The molecular weight excluding hydrogens is 350 g/mol. The summed E-state index contributed by atoms with van der Waals surface area (Å²) in [5.41, 5.74) is 2.35. The van der Waals surface area contributed by atoms with Crippen LogP contribution in [0.1, 0.15) is 61.6 Å². The van der Waals surface area contributed by atoms with Crippen molar-refractivity contribution >= 4 is 5.96 Å². The molecule has 152 valence electrons. The van der Waals surface area contributed by atoms with E-state index in [9.17, 15) is 0 Å². The van der Waals surface area contributed by atoms with Gasteiger partial charge in [0, 0.05) is 25.2 Å². The van der Waals surface area contributed by atoms with Crippen molar-refractivity contribution in [3.8, 4) is 0 Å². The van der Waals surface area contributed by atoms with E-state index >= 15 is 0 Å². The fraction of sp³-hybridized carbons (Fsp3) is 0.545. The Hall–Kier alpha value is -2.34. The zero-order valence-corrected chi connectivity index (χ0v) is 17.5. The van der Waals surface area contributed by atoms with Gasteiger partial charge in [-0.1, -0.05) is 43.2 Å². The van der Waals surface area contributed by atoms with Crippen LogP contribution in [-0.4, -0.2) is 30.1 Å². The van der Waals surface area contributed by atoms with Crippen LogP contribution in [0, 0.1) is 13.8 Å². The molecule has 0 spiro atoms. The molecule has 1 unspecified atom stereocenters. The number of hydrogen-bond donors (Lipinski definition) is 3. The first-order chi connectivity index (χ1) is 13.5. The zero-order valence-electron chi connectivity index (χ0n) is 17.5. The number of guanidine groups is 1. The first kappa shape index (κ1) is 20.4. The normalized spacial score (nSPS) is 17.5. The molecule has 0 saturated heterocycles. The lowest BCUT2D eigenvalue weighted by atomic mass is 9.94. The molecule has 1 aromatic heterocycles. The van der Waals surface area contributed by atoms with Crippen molar-refractivity contribution in [2.45, 2.75) is 64.6 Å². The second-order valence-electron chi connectivity index (χ2n) is 7.79. The number of oxazole rings is 1. The van der Waals surface area contributed by atoms with Crippen molar-refractivity contribution in [1.82, 2.24) is 20.9 Å². The Kier molecular flexibility index (Phi) is 6.73. The third kappa shape index (κ3) is 5.13. The van der Waals surface area contributed by atoms with Crippen LogP contribution in [0.2, 0.25) is 0 Å². The molecule has 1 aliphatic rings. The Morgan fingerprint density at radius 1 is 1.18 bits per heavy atom. The SMILES string of the molecule is CN=C(NCc1nc(C)c(C)o1)NCC1(NC(C)c2ccccc2)CCCC1. The van der Waals surface area contributed by atoms with Gasteiger partial charge in [-0.3, -0.25) is 4.99 Å². The molecule has 0 amide bonds. The Labute approximate surface area is 168 Å². The Balaban J connectivity index is 1.57. The molecule has 2 aromatic rings. The third-order valence-electron chi connectivity index (χ3n) is 5.68. The van der Waals surface area contributed by atoms with Gasteiger partial charge >= 0.3 is 0 Å². The number of rotatable bonds is 7. The second-order valence-corrected chi connectivity index (χ2v) is 7.79. The average molecular weight is 384 g/mol. The summed E-state index contributed by atoms with van der Waals surface area (Å²) in [6, 6.07) is 11.0. The van der Waals surface area contributed by atoms with Crippen LogP contribution in [0.3, 0.4) is 0 Å². The second kappa shape index (κ2) is 9.24. The summed E-state index contributed by atoms with van der Waals surface area (Å²) in [7, 11) is 1.79. The van der Waals surface area contributed by atoms with Gasteiger partial charge in [-0.2, -0.15) is 0 Å². The van der Waals surface area contributed by atoms with Gasteiger partial charge in [-0.05, 0) is 39.2 Å². The maximum Gasteiger partial charge on any atom is 0.214 e. The fourth-order valence-electron chi connectivity index (χ4n) is 3.96. The quantitative estimate of drug-likeness (QED) is 0.503. The maximum atomic E-state index is 5.64. The maximum absolute atomic E-state index is 5.64. The largest absolute Gasteiger partial charge is 0.444 e. The van der Waals surface area contributed by atoms with Crippen LogP contribution in [-0.2, 0) is 6.54 Å². The van der Waals surface area contributed by atoms with Crippen molar-refractivity contribution < 1.29 is 4.42 Å². The number of hydrogen-bond acceptors (Lipinski definition) is 4. The van der Waals surface area contributed by atoms with E-state index in [0.29, 0.717) is 18.5 Å². The van der Waals surface area contributed by atoms with Gasteiger partial charge in [-0.25, -0.2) is 4.98 Å². The standard InChI is InChI=1S/C22H33N5O/c1-16-18(3)28-20(26-16)14-24-21(23-4)25-15-22(12-8-9-13-22)27-17(2)19-10-6-5-7-11-19/h5-7,10-11,17,27H,8-9,12-15H2,1-4H3,(H2,23,24,25). The number of benzene rings is 1. The number of aliphatic imine (C=N–C) groups is 1. The molecule has 3 N–H and O–H groups in total. The number of aromatic nitrogens is 1. The lowest BCUT2D eigenvalue weighted by molar-refractivity contribution is 0.297. The molecule has 1 saturated carbocycles. The minimum Gasteiger partial charge on any atom is -0.444 e. The third-order valence-corrected chi connectivity index (χ3v) is 5.68. The highest BCUT2D eigenvalue weighted by molar-refractivity contribution is 5.79. The average Bonchev–Trinajstić information content (AvgIpc) is 3.29. The molecule has 1 heterocycles. The summed E-state index contributed by atoms with van der Waals surface area (Å²) < 4.78 is 5.64. The van der Waals surface area contributed by atoms with Gasteiger partial charge < -0.3 is 20.4 Å². The first-order valence-electron chi connectivity index (χ1n) is 10.2. The summed E-state index contributed by atoms with van der Waals surface area (Å²) in [4.78, 5) is 8.78. The van der Waals surface area contributed by atoms with Crippen molar-refractivity contribution in [2.24, 2.45) is 4.99 Å². The van der Waals surface area contributed by atoms with Crippen molar-refractivity contribution in [3.63, 3.8) is 0 Å². The molecule has 6 heteroatoms. The molecule has 28 heavy (non-hydrogen) atoms. The number of aryl methyl sites for hydroxylation is 2. The summed E-state index contributed by atoms with van der Waals surface area (Å²) in [5.74, 6) is 2.32. The summed E-state index contributed by atoms with van der Waals surface area (Å²) in [6.45, 7) is 7.50. The van der Waals surface area contributed by atoms with E-state index in [-0.39, 0.29) is 5.54 Å². The fourth-order valence-corrected chi connectivity index (χ4v) is 3.96. The minimum absolute atomic E-state index is 0.0863. The van der Waals surface area contributed by atoms with Crippen LogP contribution in [0.4, 0.5) is 0 Å². The molecule has 0 bridgehead atoms. The van der Waals surface area contributed by atoms with Crippen molar-refractivity contribution in [2.75, 3.05) is 13.6 Å². The van der Waals surface area contributed by atoms with Crippen LogP contribution in [0.25, 0.3) is 0 Å². The molecule has 1 aromatic carbocycles. The van der Waals surface area contributed by atoms with E-state index in [1.807, 2.05) is 13.8 Å². The summed E-state index contributed by atoms with van der Waals surface area (Å²) >= 11 is 0. The predicted molar refractivity (Wildman–Crippen MR) is 113 cm³/mol. The molecule has 6 nitrogen and oxygen atoms in total. The molecule has 1 fully saturated rings. The molecular formula is C22H33N5O. The highest BCUT2D eigenvalue weighted by atomic mass is 16.4. The lowest BCUT2D eigenvalue weighted by Crippen LogP contribution is -2.54. The summed E-state index contributed by atoms with van der Waals surface area (Å²) in [6.07, 6.45) is 4.87. The molecule has 0 aliphatic heterocycles. The van der Waals surface area contributed by atoms with Gasteiger partial charge in [0.05, 0.1) is 12.2 Å². The Bertz CT molecular complexity index is 758. The van der Waals surface area contributed by atoms with Crippen molar-refractivity contribution in [1.29, 1.82) is 0 Å². The Morgan fingerprint density at radius 3 is 2.50 bits per heavy atom. The van der Waals surface area contributed by atoms with E-state index in [4.69, 9.17) is 4.42 Å². The van der Waals surface area contributed by atoms with Gasteiger partial charge in [0.2, 0.25) is 5.89 Å². The van der Waals surface area contributed by atoms with E-state index in [1.165, 1.54) is 31.2 Å². The molecule has 3 rings (SSSR count). The van der Waals surface area contributed by atoms with Crippen LogP contribution in [0.5, 0.6) is 0 Å². The minimum atomic E-state index is 0.0863. The van der Waals surface area contributed by atoms with E-state index in [1.54, 1.807) is 7.05 Å². The van der Waals surface area contributed by atoms with E-state index in [2.05, 4.69) is 63.2 Å². The number of nitrogens with zero attached hydrogens (tertiary/aromatic N) is 2. The topological polar surface area (TPSA) is 74.5 Å². The van der Waals surface area contributed by atoms with Crippen LogP contribution in [0.15, 0.2) is 39.7 Å². The predicted octanol–water partition coefficient (Wildman–Crippen LogP) is 3.62. The highest BCUT2D eigenvalue weighted by Gasteiger charge is 2.35. The van der Waals surface area contributed by atoms with Gasteiger partial charge in [0.1, 0.15) is 5.76 Å². The van der Waals surface area contributed by atoms with Crippen LogP contribution < -0.4 is 16.0 Å². The first-order valence-corrected chi connectivity index (χ1v) is 10.2. The van der Waals surface area contributed by atoms with Gasteiger partial charge in [0.25, 0.3) is 0 Å². The number of nitrogens with one attached hydrogen (secondary N) is 3. The Morgan fingerprint density at radius 2 is 1.89 bits per heavy atom. The van der Waals surface area contributed by atoms with Gasteiger partial charge in [0.15, 0.2) is 5.96 Å². The zero-order chi connectivity index (χ0) is 20.0. The lowest BCUT2D eigenvalue weighted by Gasteiger charge is -2.34. The smallest absolute Gasteiger partial charge is 0.214 e. The summed E-state index contributed by atoms with van der Waals surface area (Å²) in [5, 5.41) is 10.7. The van der Waals surface area contributed by atoms with E-state index in [0.717, 1.165) is 24.0 Å². The molecule has 1 atom stereocenters. The highest BCUT2D eigenvalue weighted by Crippen LogP contribution is 2.31. The van der Waals surface area contributed by atoms with Crippen molar-refractivity contribution in [3.05, 3.63) is 53.2 Å². The molecule has 0 radical (unpaired) electrons. The molecule has 1 aliphatic carbocycles.